The fourth-order valence-corrected chi connectivity index (χ4v) is 9.13. The number of nitriles is 1. The van der Waals surface area contributed by atoms with Crippen LogP contribution in [-0.4, -0.2) is 22.6 Å². The molecule has 9 aromatic rings. The van der Waals surface area contributed by atoms with Crippen LogP contribution in [0.25, 0.3) is 72.1 Å². The third-order valence-corrected chi connectivity index (χ3v) is 12.6. The first-order valence-electron chi connectivity index (χ1n) is 19.9. The van der Waals surface area contributed by atoms with Gasteiger partial charge in [-0.2, -0.15) is 0 Å². The van der Waals surface area contributed by atoms with Crippen molar-refractivity contribution in [3.63, 3.8) is 0 Å². The minimum Gasteiger partial charge on any atom is -0.500 e. The van der Waals surface area contributed by atoms with E-state index in [0.717, 1.165) is 72.1 Å². The Morgan fingerprint density at radius 2 is 1.57 bits per heavy atom. The predicted octanol–water partition coefficient (Wildman–Crippen LogP) is 12.9. The van der Waals surface area contributed by atoms with Gasteiger partial charge in [-0.25, -0.2) is 5.26 Å². The summed E-state index contributed by atoms with van der Waals surface area (Å²) in [5.41, 5.74) is 9.86. The number of hydrogen-bond donors (Lipinski definition) is 0. The Morgan fingerprint density at radius 3 is 2.24 bits per heavy atom. The molecule has 3 heterocycles. The van der Waals surface area contributed by atoms with E-state index >= 15 is 0 Å². The van der Waals surface area contributed by atoms with Crippen molar-refractivity contribution in [1.82, 2.24) is 14.5 Å². The number of nitrogens with zero attached hydrogens (tertiary/aromatic N) is 4. The van der Waals surface area contributed by atoms with Gasteiger partial charge in [0.05, 0.1) is 30.5 Å². The zero-order chi connectivity index (χ0) is 41.0. The van der Waals surface area contributed by atoms with Crippen molar-refractivity contribution in [3.05, 3.63) is 156 Å². The van der Waals surface area contributed by atoms with Crippen molar-refractivity contribution in [2.24, 2.45) is 0 Å². The molecular formula is C51H46IrN4OSi-2. The maximum absolute atomic E-state index is 9.90. The number of fused-ring (bicyclic) bond motifs is 6. The third-order valence-electron chi connectivity index (χ3n) is 10.6. The van der Waals surface area contributed by atoms with Crippen molar-refractivity contribution in [2.75, 3.05) is 0 Å². The van der Waals surface area contributed by atoms with Gasteiger partial charge in [-0.05, 0) is 68.4 Å². The third kappa shape index (κ3) is 7.56. The van der Waals surface area contributed by atoms with E-state index in [1.54, 1.807) is 6.07 Å². The smallest absolute Gasteiger partial charge is 0.120 e. The number of furan rings is 1. The number of para-hydroxylation sites is 1. The molecule has 58 heavy (non-hydrogen) atoms. The SMILES string of the molecule is CC(C)(C)c1ccc(-n2c(-c3[c-]cc(C#N)c4c3oc3ccccc34)nc3c4ccccc4ccc32)cc1.[2H]C(C)(C)c1cc(-c2[c-]cccc2)ncc1[Si](C)(C)C.[Ir]. The van der Waals surface area contributed by atoms with E-state index in [1.165, 1.54) is 10.8 Å². The van der Waals surface area contributed by atoms with Gasteiger partial charge >= 0.3 is 0 Å². The molecule has 0 amide bonds. The number of rotatable bonds is 5. The molecule has 0 bridgehead atoms. The summed E-state index contributed by atoms with van der Waals surface area (Å²) in [6.07, 6.45) is 1.98. The van der Waals surface area contributed by atoms with E-state index in [9.17, 15) is 5.26 Å². The number of hydrogen-bond acceptors (Lipinski definition) is 4. The average molecular weight is 952 g/mol. The Labute approximate surface area is 357 Å². The zero-order valence-corrected chi connectivity index (χ0v) is 37.5. The molecule has 0 aliphatic heterocycles. The molecule has 291 valence electrons. The molecule has 0 N–H and O–H groups in total. The second-order valence-electron chi connectivity index (χ2n) is 16.9. The largest absolute Gasteiger partial charge is 0.500 e. The molecule has 6 aromatic carbocycles. The fourth-order valence-electron chi connectivity index (χ4n) is 7.54. The number of benzene rings is 6. The topological polar surface area (TPSA) is 67.6 Å². The molecule has 1 radical (unpaired) electrons. The van der Waals surface area contributed by atoms with Crippen molar-refractivity contribution < 1.29 is 25.9 Å². The molecule has 5 nitrogen and oxygen atoms in total. The van der Waals surface area contributed by atoms with Gasteiger partial charge < -0.3 is 14.0 Å². The van der Waals surface area contributed by atoms with Gasteiger partial charge in [-0.15, -0.1) is 48.0 Å². The van der Waals surface area contributed by atoms with Crippen LogP contribution >= 0.6 is 0 Å². The Balaban J connectivity index is 0.000000214. The van der Waals surface area contributed by atoms with E-state index in [-0.39, 0.29) is 25.5 Å². The molecule has 7 heteroatoms. The fraction of sp³-hybridized carbons (Fsp3) is 0.196. The van der Waals surface area contributed by atoms with Crippen LogP contribution in [0.1, 0.15) is 58.6 Å². The van der Waals surface area contributed by atoms with Gasteiger partial charge in [0.15, 0.2) is 0 Å². The molecule has 0 spiro atoms. The minimum absolute atomic E-state index is 0. The van der Waals surface area contributed by atoms with Crippen molar-refractivity contribution in [3.8, 4) is 34.4 Å². The van der Waals surface area contributed by atoms with Crippen molar-refractivity contribution in [1.29, 1.82) is 5.26 Å². The first kappa shape index (κ1) is 39.2. The van der Waals surface area contributed by atoms with Crippen LogP contribution in [0.3, 0.4) is 0 Å². The van der Waals surface area contributed by atoms with Crippen molar-refractivity contribution >= 4 is 57.0 Å². The van der Waals surface area contributed by atoms with E-state index in [4.69, 9.17) is 10.8 Å². The summed E-state index contributed by atoms with van der Waals surface area (Å²) < 4.78 is 17.0. The van der Waals surface area contributed by atoms with Gasteiger partial charge in [-0.1, -0.05) is 132 Å². The van der Waals surface area contributed by atoms with Crippen LogP contribution in [-0.2, 0) is 25.5 Å². The van der Waals surface area contributed by atoms with Gasteiger partial charge in [0.2, 0.25) is 0 Å². The standard InChI is InChI=1S/C34H24N3O.C17H22NSi.Ir/c1-34(2,3)23-14-16-24(17-15-23)37-28-19-13-21-8-4-5-9-25(21)31(28)36-33(37)27-18-12-22(20-35)30-26-10-6-7-11-29(26)38-32(27)30;1-13(2)15-11-16(14-9-7-6-8-10-14)18-12-17(15)19(3,4)5;/h4-17,19H,1-3H3;6-9,11-13H,1-5H3;/q2*-1;/i;13D;. The van der Waals surface area contributed by atoms with Crippen LogP contribution in [0.2, 0.25) is 19.6 Å². The summed E-state index contributed by atoms with van der Waals surface area (Å²) in [4.78, 5) is 9.83. The maximum atomic E-state index is 9.90. The average Bonchev–Trinajstić information content (AvgIpc) is 3.80. The van der Waals surface area contributed by atoms with Gasteiger partial charge in [0, 0.05) is 50.2 Å². The molecule has 0 saturated carbocycles. The Hall–Kier alpha value is -5.64. The zero-order valence-electron chi connectivity index (χ0n) is 35.2. The first-order chi connectivity index (χ1) is 27.6. The molecule has 0 atom stereocenters. The second kappa shape index (κ2) is 16.0. The first-order valence-corrected chi connectivity index (χ1v) is 22.9. The predicted molar refractivity (Wildman–Crippen MR) is 239 cm³/mol. The monoisotopic (exact) mass is 952 g/mol. The summed E-state index contributed by atoms with van der Waals surface area (Å²) in [6.45, 7) is 17.5. The Bertz CT molecular complexity index is 3020. The summed E-state index contributed by atoms with van der Waals surface area (Å²) in [5, 5.41) is 15.1. The number of pyridine rings is 1. The maximum Gasteiger partial charge on any atom is 0.120 e. The molecule has 0 fully saturated rings. The van der Waals surface area contributed by atoms with E-state index in [0.29, 0.717) is 11.1 Å². The summed E-state index contributed by atoms with van der Waals surface area (Å²) in [5.74, 6) is 0.121. The number of aromatic nitrogens is 3. The van der Waals surface area contributed by atoms with Crippen LogP contribution in [0.15, 0.2) is 132 Å². The van der Waals surface area contributed by atoms with Crippen LogP contribution in [0.4, 0.5) is 0 Å². The summed E-state index contributed by atoms with van der Waals surface area (Å²) >= 11 is 0. The van der Waals surface area contributed by atoms with E-state index in [1.807, 2.05) is 80.7 Å². The van der Waals surface area contributed by atoms with E-state index in [2.05, 4.69) is 123 Å². The molecule has 0 saturated heterocycles. The van der Waals surface area contributed by atoms with Crippen LogP contribution in [0.5, 0.6) is 0 Å². The van der Waals surface area contributed by atoms with E-state index < -0.39 is 14.0 Å². The molecular weight excluding hydrogens is 905 g/mol. The Morgan fingerprint density at radius 1 is 0.862 bits per heavy atom. The molecule has 0 aliphatic rings. The molecule has 9 rings (SSSR count). The second-order valence-corrected chi connectivity index (χ2v) is 21.9. The normalized spacial score (nSPS) is 12.2. The van der Waals surface area contributed by atoms with Gasteiger partial charge in [-0.3, -0.25) is 4.98 Å². The van der Waals surface area contributed by atoms with Crippen molar-refractivity contribution in [2.45, 2.75) is 65.6 Å². The summed E-state index contributed by atoms with van der Waals surface area (Å²) in [6, 6.07) is 49.7. The van der Waals surface area contributed by atoms with Gasteiger partial charge in [0.1, 0.15) is 5.58 Å². The molecule has 3 aromatic heterocycles. The van der Waals surface area contributed by atoms with Crippen LogP contribution < -0.4 is 5.19 Å². The minimum atomic E-state index is -1.50. The van der Waals surface area contributed by atoms with Crippen LogP contribution in [0, 0.1) is 23.5 Å². The number of imidazole rings is 1. The van der Waals surface area contributed by atoms with Gasteiger partial charge in [0.25, 0.3) is 0 Å². The summed E-state index contributed by atoms with van der Waals surface area (Å²) in [7, 11) is -1.50. The molecule has 0 aliphatic carbocycles. The Kier molecular flexibility index (Phi) is 10.8. The quantitative estimate of drug-likeness (QED) is 0.127. The molecule has 0 unspecified atom stereocenters.